The molecule has 0 spiro atoms. The summed E-state index contributed by atoms with van der Waals surface area (Å²) in [7, 11) is 0. The number of carbonyl (C=O) groups excluding carboxylic acids is 1. The van der Waals surface area contributed by atoms with Crippen molar-refractivity contribution in [2.45, 2.75) is 24.2 Å². The van der Waals surface area contributed by atoms with Gasteiger partial charge in [-0.2, -0.15) is 0 Å². The first-order chi connectivity index (χ1) is 9.66. The molecule has 1 atom stereocenters. The van der Waals surface area contributed by atoms with Gasteiger partial charge in [0.2, 0.25) is 0 Å². The first-order valence-electron chi connectivity index (χ1n) is 6.79. The molecule has 0 fully saturated rings. The second-order valence-electron chi connectivity index (χ2n) is 4.91. The molecule has 1 amide bonds. The third-order valence-electron chi connectivity index (χ3n) is 3.34. The van der Waals surface area contributed by atoms with E-state index in [9.17, 15) is 4.79 Å². The van der Waals surface area contributed by atoms with E-state index in [1.165, 1.54) is 5.56 Å². The van der Waals surface area contributed by atoms with Gasteiger partial charge in [-0.1, -0.05) is 43.3 Å². The van der Waals surface area contributed by atoms with Crippen molar-refractivity contribution in [3.63, 3.8) is 0 Å². The fourth-order valence-corrected chi connectivity index (χ4v) is 2.32. The third kappa shape index (κ3) is 4.14. The Hall–Kier alpha value is -1.74. The van der Waals surface area contributed by atoms with Crippen LogP contribution in [0, 0.1) is 0 Å². The summed E-state index contributed by atoms with van der Waals surface area (Å²) in [4.78, 5) is 12.8. The molecule has 1 unspecified atom stereocenters. The molecule has 0 saturated heterocycles. The van der Waals surface area contributed by atoms with E-state index < -0.39 is 0 Å². The Balaban J connectivity index is 1.83. The van der Waals surface area contributed by atoms with Gasteiger partial charge in [0.1, 0.15) is 0 Å². The van der Waals surface area contributed by atoms with Crippen molar-refractivity contribution < 1.29 is 4.79 Å². The van der Waals surface area contributed by atoms with Gasteiger partial charge in [0.25, 0.3) is 5.91 Å². The van der Waals surface area contributed by atoms with Crippen LogP contribution in [0.5, 0.6) is 0 Å². The van der Waals surface area contributed by atoms with Crippen LogP contribution in [-0.4, -0.2) is 12.5 Å². The maximum Gasteiger partial charge on any atom is 0.251 e. The summed E-state index contributed by atoms with van der Waals surface area (Å²) in [5.41, 5.74) is 1.96. The molecule has 0 heterocycles. The summed E-state index contributed by atoms with van der Waals surface area (Å²) in [5, 5.41) is 2.95. The Kier molecular flexibility index (Phi) is 5.24. The highest BCUT2D eigenvalue weighted by Gasteiger charge is 2.08. The second kappa shape index (κ2) is 7.15. The van der Waals surface area contributed by atoms with Gasteiger partial charge in [0, 0.05) is 17.0 Å². The Morgan fingerprint density at radius 3 is 2.60 bits per heavy atom. The molecule has 20 heavy (non-hydrogen) atoms. The van der Waals surface area contributed by atoms with E-state index in [1.54, 1.807) is 12.1 Å². The van der Waals surface area contributed by atoms with Gasteiger partial charge < -0.3 is 5.32 Å². The van der Waals surface area contributed by atoms with Crippen LogP contribution in [0.4, 0.5) is 0 Å². The lowest BCUT2D eigenvalue weighted by Gasteiger charge is -2.12. The Bertz CT molecular complexity index is 568. The highest BCUT2D eigenvalue weighted by Crippen LogP contribution is 2.17. The molecule has 0 aliphatic carbocycles. The van der Waals surface area contributed by atoms with E-state index in [1.807, 2.05) is 30.3 Å². The first-order valence-corrected chi connectivity index (χ1v) is 7.23. The molecule has 3 heteroatoms. The lowest BCUT2D eigenvalue weighted by molar-refractivity contribution is 0.0952. The Labute approximate surface area is 125 Å². The third-order valence-corrected chi connectivity index (χ3v) is 3.62. The number of thiol groups is 1. The predicted molar refractivity (Wildman–Crippen MR) is 85.5 cm³/mol. The zero-order valence-electron chi connectivity index (χ0n) is 11.5. The molecule has 0 bridgehead atoms. The van der Waals surface area contributed by atoms with Crippen LogP contribution in [-0.2, 0) is 0 Å². The Morgan fingerprint density at radius 2 is 1.90 bits per heavy atom. The van der Waals surface area contributed by atoms with Crippen molar-refractivity contribution in [2.24, 2.45) is 0 Å². The largest absolute Gasteiger partial charge is 0.352 e. The Morgan fingerprint density at radius 1 is 1.15 bits per heavy atom. The van der Waals surface area contributed by atoms with Crippen molar-refractivity contribution in [3.8, 4) is 0 Å². The zero-order valence-corrected chi connectivity index (χ0v) is 12.4. The van der Waals surface area contributed by atoms with Crippen LogP contribution in [0.1, 0.15) is 35.2 Å². The number of amides is 1. The predicted octanol–water partition coefficient (Wildman–Crippen LogP) is 3.90. The zero-order chi connectivity index (χ0) is 14.4. The average Bonchev–Trinajstić information content (AvgIpc) is 2.48. The molecular weight excluding hydrogens is 266 g/mol. The van der Waals surface area contributed by atoms with E-state index in [-0.39, 0.29) is 5.91 Å². The summed E-state index contributed by atoms with van der Waals surface area (Å²) >= 11 is 4.24. The van der Waals surface area contributed by atoms with Crippen LogP contribution >= 0.6 is 12.6 Å². The van der Waals surface area contributed by atoms with Crippen LogP contribution in [0.2, 0.25) is 0 Å². The first kappa shape index (κ1) is 14.7. The smallest absolute Gasteiger partial charge is 0.251 e. The highest BCUT2D eigenvalue weighted by molar-refractivity contribution is 7.80. The van der Waals surface area contributed by atoms with Gasteiger partial charge >= 0.3 is 0 Å². The van der Waals surface area contributed by atoms with E-state index in [4.69, 9.17) is 0 Å². The quantitative estimate of drug-likeness (QED) is 0.802. The minimum atomic E-state index is -0.0406. The minimum absolute atomic E-state index is 0.0406. The molecule has 2 aromatic carbocycles. The minimum Gasteiger partial charge on any atom is -0.352 e. The maximum absolute atomic E-state index is 12.0. The molecule has 1 N–H and O–H groups in total. The van der Waals surface area contributed by atoms with E-state index in [0.717, 1.165) is 11.3 Å². The van der Waals surface area contributed by atoms with Gasteiger partial charge in [0.05, 0.1) is 0 Å². The number of benzene rings is 2. The molecule has 2 nitrogen and oxygen atoms in total. The van der Waals surface area contributed by atoms with Gasteiger partial charge in [-0.05, 0) is 36.1 Å². The molecule has 0 aliphatic heterocycles. The van der Waals surface area contributed by atoms with Crippen molar-refractivity contribution in [1.29, 1.82) is 0 Å². The number of nitrogens with one attached hydrogen (secondary N) is 1. The summed E-state index contributed by atoms with van der Waals surface area (Å²) in [6.07, 6.45) is 0.927. The van der Waals surface area contributed by atoms with Gasteiger partial charge in [-0.15, -0.1) is 12.6 Å². The summed E-state index contributed by atoms with van der Waals surface area (Å²) in [5.74, 6) is 0.397. The van der Waals surface area contributed by atoms with Crippen molar-refractivity contribution >= 4 is 18.5 Å². The second-order valence-corrected chi connectivity index (χ2v) is 5.42. The fourth-order valence-electron chi connectivity index (χ4n) is 2.10. The van der Waals surface area contributed by atoms with Gasteiger partial charge in [0.15, 0.2) is 0 Å². The van der Waals surface area contributed by atoms with E-state index in [2.05, 4.69) is 37.0 Å². The maximum atomic E-state index is 12.0. The van der Waals surface area contributed by atoms with Crippen molar-refractivity contribution in [2.75, 3.05) is 6.54 Å². The lowest BCUT2D eigenvalue weighted by Crippen LogP contribution is -2.25. The van der Waals surface area contributed by atoms with Crippen LogP contribution in [0.15, 0.2) is 59.5 Å². The van der Waals surface area contributed by atoms with Gasteiger partial charge in [-0.3, -0.25) is 4.79 Å². The molecule has 2 aromatic rings. The van der Waals surface area contributed by atoms with Crippen LogP contribution in [0.25, 0.3) is 0 Å². The number of hydrogen-bond donors (Lipinski definition) is 2. The van der Waals surface area contributed by atoms with E-state index in [0.29, 0.717) is 18.0 Å². The monoisotopic (exact) mass is 285 g/mol. The van der Waals surface area contributed by atoms with Gasteiger partial charge in [-0.25, -0.2) is 0 Å². The summed E-state index contributed by atoms with van der Waals surface area (Å²) < 4.78 is 0. The number of hydrogen-bond acceptors (Lipinski definition) is 2. The lowest BCUT2D eigenvalue weighted by atomic mass is 9.98. The molecule has 0 aromatic heterocycles. The van der Waals surface area contributed by atoms with Crippen LogP contribution in [0.3, 0.4) is 0 Å². The molecule has 104 valence electrons. The van der Waals surface area contributed by atoms with Crippen molar-refractivity contribution in [1.82, 2.24) is 5.32 Å². The topological polar surface area (TPSA) is 29.1 Å². The fraction of sp³-hybridized carbons (Fsp3) is 0.235. The normalized spacial score (nSPS) is 11.9. The summed E-state index contributed by atoms with van der Waals surface area (Å²) in [6.45, 7) is 2.85. The molecule has 2 rings (SSSR count). The SMILES string of the molecule is CC(CCNC(=O)c1cccc(S)c1)c1ccccc1. The summed E-state index contributed by atoms with van der Waals surface area (Å²) in [6, 6.07) is 17.6. The molecular formula is C17H19NOS. The average molecular weight is 285 g/mol. The number of carbonyl (C=O) groups is 1. The molecule has 0 saturated carbocycles. The highest BCUT2D eigenvalue weighted by atomic mass is 32.1. The standard InChI is InChI=1S/C17H19NOS/c1-13(14-6-3-2-4-7-14)10-11-18-17(19)15-8-5-9-16(20)12-15/h2-9,12-13,20H,10-11H2,1H3,(H,18,19). The number of rotatable bonds is 5. The van der Waals surface area contributed by atoms with E-state index >= 15 is 0 Å². The van der Waals surface area contributed by atoms with Crippen LogP contribution < -0.4 is 5.32 Å². The van der Waals surface area contributed by atoms with Crippen molar-refractivity contribution in [3.05, 3.63) is 65.7 Å². The molecule has 0 aliphatic rings. The molecule has 0 radical (unpaired) electrons.